The van der Waals surface area contributed by atoms with Crippen molar-refractivity contribution in [1.29, 1.82) is 0 Å². The van der Waals surface area contributed by atoms with Crippen LogP contribution in [0.3, 0.4) is 0 Å². The van der Waals surface area contributed by atoms with Gasteiger partial charge in [0.15, 0.2) is 0 Å². The van der Waals surface area contributed by atoms with Gasteiger partial charge < -0.3 is 15.0 Å². The minimum absolute atomic E-state index is 0.184. The summed E-state index contributed by atoms with van der Waals surface area (Å²) in [5.74, 6) is -1.54. The molecule has 2 aromatic rings. The molecule has 0 aliphatic heterocycles. The van der Waals surface area contributed by atoms with Gasteiger partial charge >= 0.3 is 6.18 Å². The highest BCUT2D eigenvalue weighted by atomic mass is 19.4. The zero-order valence-corrected chi connectivity index (χ0v) is 17.9. The van der Waals surface area contributed by atoms with Crippen molar-refractivity contribution in [2.24, 2.45) is 5.16 Å². The van der Waals surface area contributed by atoms with Crippen LogP contribution in [0.2, 0.25) is 0 Å². The molecule has 0 aliphatic rings. The Labute approximate surface area is 184 Å². The lowest BCUT2D eigenvalue weighted by Gasteiger charge is -2.20. The number of halogens is 4. The highest BCUT2D eigenvalue weighted by molar-refractivity contribution is 6.32. The lowest BCUT2D eigenvalue weighted by atomic mass is 9.90. The lowest BCUT2D eigenvalue weighted by molar-refractivity contribution is -0.137. The first-order chi connectivity index (χ1) is 15.0. The maximum Gasteiger partial charge on any atom is 0.417 e. The maximum absolute atomic E-state index is 14.3. The number of carbonyl (C=O) groups is 1. The molecule has 0 fully saturated rings. The van der Waals surface area contributed by atoms with Gasteiger partial charge in [0.2, 0.25) is 5.91 Å². The number of aryl methyl sites for hydroxylation is 1. The summed E-state index contributed by atoms with van der Waals surface area (Å²) >= 11 is 0. The summed E-state index contributed by atoms with van der Waals surface area (Å²) in [7, 11) is 8.18. The summed E-state index contributed by atoms with van der Waals surface area (Å²) in [5, 5.41) is 6.20. The second kappa shape index (κ2) is 10.6. The Bertz CT molecular complexity index is 1010. The SMILES string of the molecule is [B]c1cc(F)c(/C(C)=N/OCc2c(C)cccc2C(NOC)C(=O)NC)c(C(F)(F)F)c1. The van der Waals surface area contributed by atoms with Crippen molar-refractivity contribution in [3.05, 3.63) is 64.0 Å². The van der Waals surface area contributed by atoms with Crippen molar-refractivity contribution in [1.82, 2.24) is 10.8 Å². The van der Waals surface area contributed by atoms with Crippen molar-refractivity contribution < 1.29 is 32.0 Å². The number of hydrogen-bond donors (Lipinski definition) is 2. The van der Waals surface area contributed by atoms with Crippen LogP contribution >= 0.6 is 0 Å². The van der Waals surface area contributed by atoms with E-state index in [2.05, 4.69) is 16.0 Å². The second-order valence-electron chi connectivity index (χ2n) is 6.89. The van der Waals surface area contributed by atoms with Gasteiger partial charge in [-0.05, 0) is 31.0 Å². The van der Waals surface area contributed by atoms with Crippen LogP contribution in [0, 0.1) is 12.7 Å². The molecule has 0 saturated carbocycles. The minimum Gasteiger partial charge on any atom is -0.391 e. The van der Waals surface area contributed by atoms with Gasteiger partial charge in [0.05, 0.1) is 18.4 Å². The molecule has 1 amide bonds. The number of amides is 1. The van der Waals surface area contributed by atoms with Gasteiger partial charge in [0.25, 0.3) is 0 Å². The van der Waals surface area contributed by atoms with Crippen molar-refractivity contribution in [3.8, 4) is 0 Å². The van der Waals surface area contributed by atoms with Crippen LogP contribution in [-0.4, -0.2) is 33.6 Å². The van der Waals surface area contributed by atoms with E-state index < -0.39 is 29.2 Å². The standard InChI is InChI=1S/C21H22BF4N3O3/c1-11-6-5-7-14(19(29-31-4)20(30)27-3)15(11)10-32-28-12(2)18-16(21(24,25)26)8-13(22)9-17(18)23/h5-9,19,29H,10H2,1-4H3,(H,27,30)/b28-12+. The zero-order chi connectivity index (χ0) is 24.1. The first-order valence-corrected chi connectivity index (χ1v) is 9.42. The molecule has 2 aromatic carbocycles. The van der Waals surface area contributed by atoms with Crippen molar-refractivity contribution in [2.75, 3.05) is 14.2 Å². The lowest BCUT2D eigenvalue weighted by Crippen LogP contribution is -2.36. The normalized spacial score (nSPS) is 13.1. The molecule has 1 atom stereocenters. The molecule has 1 unspecified atom stereocenters. The molecule has 6 nitrogen and oxygen atoms in total. The van der Waals surface area contributed by atoms with Gasteiger partial charge in [0.1, 0.15) is 26.3 Å². The average molecular weight is 451 g/mol. The maximum atomic E-state index is 14.3. The fraction of sp³-hybridized carbons (Fsp3) is 0.333. The number of nitrogens with one attached hydrogen (secondary N) is 2. The average Bonchev–Trinajstić information content (AvgIpc) is 2.71. The van der Waals surface area contributed by atoms with E-state index in [9.17, 15) is 22.4 Å². The summed E-state index contributed by atoms with van der Waals surface area (Å²) < 4.78 is 54.4. The monoisotopic (exact) mass is 451 g/mol. The van der Waals surface area contributed by atoms with Gasteiger partial charge in [-0.15, -0.1) is 0 Å². The molecule has 11 heteroatoms. The quantitative estimate of drug-likeness (QED) is 0.280. The van der Waals surface area contributed by atoms with E-state index in [-0.39, 0.29) is 23.7 Å². The largest absolute Gasteiger partial charge is 0.417 e. The molecule has 2 rings (SSSR count). The van der Waals surface area contributed by atoms with Crippen LogP contribution < -0.4 is 16.3 Å². The number of hydrogen-bond acceptors (Lipinski definition) is 5. The number of carbonyl (C=O) groups excluding carboxylic acids is 1. The minimum atomic E-state index is -4.84. The van der Waals surface area contributed by atoms with E-state index in [1.807, 2.05) is 0 Å². The molecule has 0 aromatic heterocycles. The first-order valence-electron chi connectivity index (χ1n) is 9.42. The van der Waals surface area contributed by atoms with Crippen molar-refractivity contribution in [2.45, 2.75) is 32.7 Å². The van der Waals surface area contributed by atoms with Crippen molar-refractivity contribution >= 4 is 24.9 Å². The van der Waals surface area contributed by atoms with E-state index in [1.165, 1.54) is 21.1 Å². The summed E-state index contributed by atoms with van der Waals surface area (Å²) in [4.78, 5) is 22.4. The van der Waals surface area contributed by atoms with Crippen LogP contribution in [0.4, 0.5) is 17.6 Å². The Hall–Kier alpha value is -2.92. The Morgan fingerprint density at radius 2 is 1.97 bits per heavy atom. The first kappa shape index (κ1) is 25.3. The molecule has 32 heavy (non-hydrogen) atoms. The smallest absolute Gasteiger partial charge is 0.391 e. The van der Waals surface area contributed by atoms with E-state index >= 15 is 0 Å². The van der Waals surface area contributed by atoms with Crippen LogP contribution in [0.25, 0.3) is 0 Å². The van der Waals surface area contributed by atoms with Gasteiger partial charge in [-0.25, -0.2) is 4.39 Å². The Balaban J connectivity index is 2.38. The number of benzene rings is 2. The fourth-order valence-corrected chi connectivity index (χ4v) is 3.17. The zero-order valence-electron chi connectivity index (χ0n) is 17.9. The molecule has 0 bridgehead atoms. The van der Waals surface area contributed by atoms with Crippen LogP contribution in [0.1, 0.15) is 40.8 Å². The summed E-state index contributed by atoms with van der Waals surface area (Å²) in [6, 6.07) is 5.73. The van der Waals surface area contributed by atoms with Gasteiger partial charge in [-0.3, -0.25) is 4.79 Å². The van der Waals surface area contributed by atoms with Gasteiger partial charge in [-0.2, -0.15) is 18.7 Å². The summed E-state index contributed by atoms with van der Waals surface area (Å²) in [6.45, 7) is 2.78. The molecule has 170 valence electrons. The molecule has 0 saturated heterocycles. The molecule has 2 radical (unpaired) electrons. The Morgan fingerprint density at radius 1 is 1.28 bits per heavy atom. The number of hydroxylamine groups is 1. The third kappa shape index (κ3) is 5.86. The highest BCUT2D eigenvalue weighted by Gasteiger charge is 2.36. The molecule has 0 spiro atoms. The van der Waals surface area contributed by atoms with E-state index in [0.29, 0.717) is 17.2 Å². The molecular formula is C21H22BF4N3O3. The third-order valence-electron chi connectivity index (χ3n) is 4.69. The van der Waals surface area contributed by atoms with Gasteiger partial charge in [0, 0.05) is 18.2 Å². The molecule has 2 N–H and O–H groups in total. The number of nitrogens with zero attached hydrogens (tertiary/aromatic N) is 1. The second-order valence-corrected chi connectivity index (χ2v) is 6.89. The highest BCUT2D eigenvalue weighted by Crippen LogP contribution is 2.33. The Morgan fingerprint density at radius 3 is 2.56 bits per heavy atom. The van der Waals surface area contributed by atoms with Crippen LogP contribution in [0.5, 0.6) is 0 Å². The van der Waals surface area contributed by atoms with E-state index in [4.69, 9.17) is 17.5 Å². The molecule has 0 heterocycles. The molecular weight excluding hydrogens is 429 g/mol. The summed E-state index contributed by atoms with van der Waals surface area (Å²) in [6.07, 6.45) is -4.84. The van der Waals surface area contributed by atoms with Crippen molar-refractivity contribution in [3.63, 3.8) is 0 Å². The van der Waals surface area contributed by atoms with Crippen LogP contribution in [-0.2, 0) is 27.3 Å². The predicted molar refractivity (Wildman–Crippen MR) is 112 cm³/mol. The predicted octanol–water partition coefficient (Wildman–Crippen LogP) is 2.83. The number of likely N-dealkylation sites (N-methyl/N-ethyl adjacent to an activating group) is 1. The van der Waals surface area contributed by atoms with Crippen LogP contribution in [0.15, 0.2) is 35.5 Å². The number of alkyl halides is 3. The Kier molecular flexibility index (Phi) is 8.40. The fourth-order valence-electron chi connectivity index (χ4n) is 3.17. The third-order valence-corrected chi connectivity index (χ3v) is 4.69. The van der Waals surface area contributed by atoms with E-state index in [0.717, 1.165) is 11.6 Å². The summed E-state index contributed by atoms with van der Waals surface area (Å²) in [5.41, 5.74) is 1.75. The molecule has 0 aliphatic carbocycles. The van der Waals surface area contributed by atoms with E-state index in [1.54, 1.807) is 25.1 Å². The number of oxime groups is 1. The van der Waals surface area contributed by atoms with Gasteiger partial charge in [-0.1, -0.05) is 34.9 Å². The topological polar surface area (TPSA) is 71.9 Å². The number of rotatable bonds is 8.